The molecule has 0 unspecified atom stereocenters. The van der Waals surface area contributed by atoms with Gasteiger partial charge in [0.25, 0.3) is 11.8 Å². The molecule has 0 aliphatic carbocycles. The molecule has 40 heavy (non-hydrogen) atoms. The van der Waals surface area contributed by atoms with Crippen LogP contribution in [0, 0.1) is 13.8 Å². The van der Waals surface area contributed by atoms with E-state index in [2.05, 4.69) is 57.5 Å². The summed E-state index contributed by atoms with van der Waals surface area (Å²) in [5.74, 6) is -0.277. The van der Waals surface area contributed by atoms with E-state index in [1.807, 2.05) is 68.6 Å². The van der Waals surface area contributed by atoms with Gasteiger partial charge in [-0.15, -0.1) is 0 Å². The third kappa shape index (κ3) is 5.46. The number of nitrogens with zero attached hydrogens (tertiary/aromatic N) is 2. The minimum Gasteiger partial charge on any atom is -0.358 e. The molecular formula is C33H35N5O2. The van der Waals surface area contributed by atoms with Gasteiger partial charge in [0, 0.05) is 47.5 Å². The van der Waals surface area contributed by atoms with Crippen LogP contribution >= 0.6 is 0 Å². The predicted octanol–water partition coefficient (Wildman–Crippen LogP) is 5.92. The van der Waals surface area contributed by atoms with E-state index < -0.39 is 0 Å². The van der Waals surface area contributed by atoms with Crippen molar-refractivity contribution in [2.24, 2.45) is 0 Å². The highest BCUT2D eigenvalue weighted by molar-refractivity contribution is 6.35. The van der Waals surface area contributed by atoms with Crippen molar-refractivity contribution in [3.8, 4) is 22.4 Å². The maximum atomic E-state index is 13.0. The van der Waals surface area contributed by atoms with Crippen molar-refractivity contribution < 1.29 is 9.59 Å². The number of hydrogen-bond donors (Lipinski definition) is 3. The van der Waals surface area contributed by atoms with E-state index in [9.17, 15) is 9.59 Å². The smallest absolute Gasteiger partial charge is 0.256 e. The largest absolute Gasteiger partial charge is 0.358 e. The molecule has 7 nitrogen and oxygen atoms in total. The van der Waals surface area contributed by atoms with Gasteiger partial charge in [-0.3, -0.25) is 14.6 Å². The van der Waals surface area contributed by atoms with Gasteiger partial charge >= 0.3 is 0 Å². The van der Waals surface area contributed by atoms with Gasteiger partial charge in [-0.05, 0) is 74.0 Å². The fourth-order valence-electron chi connectivity index (χ4n) is 5.25. The van der Waals surface area contributed by atoms with E-state index in [1.165, 1.54) is 0 Å². The summed E-state index contributed by atoms with van der Waals surface area (Å²) in [4.78, 5) is 36.3. The molecule has 0 saturated heterocycles. The van der Waals surface area contributed by atoms with Crippen molar-refractivity contribution in [1.29, 1.82) is 0 Å². The van der Waals surface area contributed by atoms with E-state index >= 15 is 0 Å². The van der Waals surface area contributed by atoms with Crippen molar-refractivity contribution in [3.63, 3.8) is 0 Å². The fraction of sp³-hybridized carbons (Fsp3) is 0.242. The molecule has 2 aromatic carbocycles. The van der Waals surface area contributed by atoms with Gasteiger partial charge in [0.2, 0.25) is 0 Å². The minimum atomic E-state index is -0.171. The molecular weight excluding hydrogens is 498 g/mol. The van der Waals surface area contributed by atoms with Crippen LogP contribution in [0.1, 0.15) is 46.7 Å². The van der Waals surface area contributed by atoms with E-state index in [1.54, 1.807) is 0 Å². The van der Waals surface area contributed by atoms with Gasteiger partial charge < -0.3 is 20.5 Å². The Bertz CT molecular complexity index is 1580. The van der Waals surface area contributed by atoms with Crippen LogP contribution in [0.3, 0.4) is 0 Å². The number of benzene rings is 2. The van der Waals surface area contributed by atoms with Crippen molar-refractivity contribution in [3.05, 3.63) is 94.9 Å². The molecule has 0 atom stereocenters. The Labute approximate surface area is 235 Å². The van der Waals surface area contributed by atoms with Crippen molar-refractivity contribution in [1.82, 2.24) is 20.2 Å². The quantitative estimate of drug-likeness (QED) is 0.233. The molecule has 3 heterocycles. The number of hydrogen-bond acceptors (Lipinski definition) is 4. The molecule has 2 amide bonds. The highest BCUT2D eigenvalue weighted by Crippen LogP contribution is 2.37. The first kappa shape index (κ1) is 27.1. The second-order valence-electron chi connectivity index (χ2n) is 10.0. The third-order valence-corrected chi connectivity index (χ3v) is 7.57. The maximum Gasteiger partial charge on any atom is 0.256 e. The van der Waals surface area contributed by atoms with E-state index in [0.717, 1.165) is 70.2 Å². The first-order valence-electron chi connectivity index (χ1n) is 13.8. The number of H-pyrrole nitrogens is 1. The Kier molecular flexibility index (Phi) is 7.94. The van der Waals surface area contributed by atoms with Gasteiger partial charge in [-0.2, -0.15) is 0 Å². The standard InChI is InChI=1S/C33H35N5O2/c1-5-38(6-2)17-16-35-33(40)31-21(3)29(36-22(31)4)20-27-26-18-25(12-13-28(26)37-32(27)39)30-19-24(14-15-34-30)23-10-8-7-9-11-23/h7-15,18-20,36H,5-6,16-17H2,1-4H3,(H,35,40)(H,37,39)/b27-20-. The molecule has 0 spiro atoms. The number of carbonyl (C=O) groups excluding carboxylic acids is 2. The monoisotopic (exact) mass is 533 g/mol. The Balaban J connectivity index is 1.43. The van der Waals surface area contributed by atoms with Crippen LogP contribution in [-0.4, -0.2) is 52.9 Å². The summed E-state index contributed by atoms with van der Waals surface area (Å²) in [5.41, 5.74) is 9.05. The van der Waals surface area contributed by atoms with E-state index in [-0.39, 0.29) is 11.8 Å². The highest BCUT2D eigenvalue weighted by atomic mass is 16.2. The van der Waals surface area contributed by atoms with E-state index in [4.69, 9.17) is 0 Å². The molecule has 1 aliphatic heterocycles. The number of anilines is 1. The normalized spacial score (nSPS) is 13.5. The summed E-state index contributed by atoms with van der Waals surface area (Å²) in [7, 11) is 0. The Morgan fingerprint density at radius 2 is 1.75 bits per heavy atom. The number of fused-ring (bicyclic) bond motifs is 1. The molecule has 7 heteroatoms. The average molecular weight is 534 g/mol. The molecule has 0 radical (unpaired) electrons. The second kappa shape index (κ2) is 11.7. The average Bonchev–Trinajstić information content (AvgIpc) is 3.44. The molecule has 0 saturated carbocycles. The van der Waals surface area contributed by atoms with Crippen LogP contribution in [0.5, 0.6) is 0 Å². The number of carbonyl (C=O) groups is 2. The molecule has 1 aliphatic rings. The number of aromatic amines is 1. The SMILES string of the molecule is CCN(CC)CCNC(=O)c1c(C)[nH]c(/C=C2\C(=O)Nc3ccc(-c4cc(-c5ccccc5)ccn4)cc32)c1C. The number of pyridine rings is 1. The zero-order valence-corrected chi connectivity index (χ0v) is 23.5. The molecule has 0 bridgehead atoms. The Morgan fingerprint density at radius 3 is 2.50 bits per heavy atom. The van der Waals surface area contributed by atoms with Crippen LogP contribution < -0.4 is 10.6 Å². The lowest BCUT2D eigenvalue weighted by Gasteiger charge is -2.18. The Hall–Kier alpha value is -4.49. The summed E-state index contributed by atoms with van der Waals surface area (Å²) in [6.07, 6.45) is 3.65. The van der Waals surface area contributed by atoms with Crippen LogP contribution in [0.15, 0.2) is 66.9 Å². The van der Waals surface area contributed by atoms with E-state index in [0.29, 0.717) is 17.7 Å². The summed E-state index contributed by atoms with van der Waals surface area (Å²) in [5, 5.41) is 6.02. The first-order chi connectivity index (χ1) is 19.4. The minimum absolute atomic E-state index is 0.106. The molecule has 0 fully saturated rings. The number of aromatic nitrogens is 2. The zero-order chi connectivity index (χ0) is 28.2. The fourth-order valence-corrected chi connectivity index (χ4v) is 5.25. The Morgan fingerprint density at radius 1 is 0.975 bits per heavy atom. The lowest BCUT2D eigenvalue weighted by molar-refractivity contribution is -0.110. The highest BCUT2D eigenvalue weighted by Gasteiger charge is 2.26. The van der Waals surface area contributed by atoms with Gasteiger partial charge in [0.05, 0.1) is 16.8 Å². The summed E-state index contributed by atoms with van der Waals surface area (Å²) >= 11 is 0. The topological polar surface area (TPSA) is 90.1 Å². The number of rotatable bonds is 9. The number of likely N-dealkylation sites (N-methyl/N-ethyl adjacent to an activating group) is 1. The number of amides is 2. The van der Waals surface area contributed by atoms with Gasteiger partial charge in [0.1, 0.15) is 0 Å². The molecule has 2 aromatic heterocycles. The number of aryl methyl sites for hydroxylation is 1. The molecule has 4 aromatic rings. The lowest BCUT2D eigenvalue weighted by atomic mass is 9.99. The second-order valence-corrected chi connectivity index (χ2v) is 10.0. The summed E-state index contributed by atoms with van der Waals surface area (Å²) < 4.78 is 0. The molecule has 3 N–H and O–H groups in total. The molecule has 204 valence electrons. The van der Waals surface area contributed by atoms with Crippen molar-refractivity contribution in [2.75, 3.05) is 31.5 Å². The van der Waals surface area contributed by atoms with Gasteiger partial charge in [0.15, 0.2) is 0 Å². The van der Waals surface area contributed by atoms with Gasteiger partial charge in [-0.1, -0.05) is 50.2 Å². The van der Waals surface area contributed by atoms with Crippen LogP contribution in [0.25, 0.3) is 34.0 Å². The maximum absolute atomic E-state index is 13.0. The van der Waals surface area contributed by atoms with Crippen molar-refractivity contribution in [2.45, 2.75) is 27.7 Å². The third-order valence-electron chi connectivity index (χ3n) is 7.57. The van der Waals surface area contributed by atoms with Gasteiger partial charge in [-0.25, -0.2) is 0 Å². The van der Waals surface area contributed by atoms with Crippen LogP contribution in [-0.2, 0) is 4.79 Å². The number of nitrogens with one attached hydrogen (secondary N) is 3. The van der Waals surface area contributed by atoms with Crippen LogP contribution in [0.2, 0.25) is 0 Å². The lowest BCUT2D eigenvalue weighted by Crippen LogP contribution is -2.35. The molecule has 5 rings (SSSR count). The van der Waals surface area contributed by atoms with Crippen LogP contribution in [0.4, 0.5) is 5.69 Å². The summed E-state index contributed by atoms with van der Waals surface area (Å²) in [6, 6.07) is 20.1. The van der Waals surface area contributed by atoms with Crippen molar-refractivity contribution >= 4 is 29.2 Å². The zero-order valence-electron chi connectivity index (χ0n) is 23.5. The first-order valence-corrected chi connectivity index (χ1v) is 13.8. The summed E-state index contributed by atoms with van der Waals surface area (Å²) in [6.45, 7) is 11.3. The predicted molar refractivity (Wildman–Crippen MR) is 162 cm³/mol.